The number of carbonyl (C=O) groups excluding carboxylic acids is 1. The first-order valence-corrected chi connectivity index (χ1v) is 6.50. The van der Waals surface area contributed by atoms with Gasteiger partial charge < -0.3 is 20.6 Å². The molecule has 2 aromatic heterocycles. The summed E-state index contributed by atoms with van der Waals surface area (Å²) in [4.78, 5) is 19.9. The van der Waals surface area contributed by atoms with Crippen molar-refractivity contribution in [2.24, 2.45) is 5.73 Å². The average molecular weight is 275 g/mol. The molecule has 1 aliphatic heterocycles. The van der Waals surface area contributed by atoms with Crippen molar-refractivity contribution in [3.05, 3.63) is 18.5 Å². The van der Waals surface area contributed by atoms with Crippen molar-refractivity contribution in [2.75, 3.05) is 38.1 Å². The Labute approximate surface area is 116 Å². The van der Waals surface area contributed by atoms with Gasteiger partial charge in [-0.25, -0.2) is 9.36 Å². The first kappa shape index (κ1) is 12.7. The summed E-state index contributed by atoms with van der Waals surface area (Å²) in [6, 6.07) is 1.09. The number of primary amides is 1. The smallest absolute Gasteiger partial charge is 0.326 e. The highest BCUT2D eigenvalue weighted by Crippen LogP contribution is 2.38. The number of rotatable bonds is 1. The molecule has 0 saturated carbocycles. The quantitative estimate of drug-likeness (QED) is 0.787. The minimum Gasteiger partial charge on any atom is -0.493 e. The van der Waals surface area contributed by atoms with Gasteiger partial charge in [-0.1, -0.05) is 0 Å². The number of pyridine rings is 1. The fraction of sp³-hybridized carbons (Fsp3) is 0.385. The minimum atomic E-state index is -0.708. The van der Waals surface area contributed by atoms with Crippen molar-refractivity contribution in [1.29, 1.82) is 0 Å². The zero-order valence-corrected chi connectivity index (χ0v) is 11.3. The number of fused-ring (bicyclic) bond motifs is 1. The van der Waals surface area contributed by atoms with E-state index in [1.807, 2.05) is 0 Å². The second kappa shape index (κ2) is 4.68. The number of likely N-dealkylation sites (N-methyl/N-ethyl adjacent to an activating group) is 1. The molecular weight excluding hydrogens is 258 g/mol. The highest BCUT2D eigenvalue weighted by atomic mass is 16.3. The fourth-order valence-electron chi connectivity index (χ4n) is 2.67. The molecule has 7 heteroatoms. The lowest BCUT2D eigenvalue weighted by Gasteiger charge is -2.33. The predicted octanol–water partition coefficient (Wildman–Crippen LogP) is 0.420. The maximum Gasteiger partial charge on any atom is 0.326 e. The molecule has 0 unspecified atom stereocenters. The molecule has 0 spiro atoms. The third-order valence-electron chi connectivity index (χ3n) is 3.76. The summed E-state index contributed by atoms with van der Waals surface area (Å²) >= 11 is 0. The summed E-state index contributed by atoms with van der Waals surface area (Å²) in [5, 5.41) is 11.2. The minimum absolute atomic E-state index is 0.106. The van der Waals surface area contributed by atoms with Gasteiger partial charge in [0.25, 0.3) is 0 Å². The number of aromatic nitrogens is 2. The maximum atomic E-state index is 11.6. The summed E-state index contributed by atoms with van der Waals surface area (Å²) in [5.41, 5.74) is 6.55. The van der Waals surface area contributed by atoms with E-state index in [1.165, 1.54) is 0 Å². The topological polar surface area (TPSA) is 87.6 Å². The van der Waals surface area contributed by atoms with Crippen LogP contribution in [0, 0.1) is 0 Å². The predicted molar refractivity (Wildman–Crippen MR) is 76.1 cm³/mol. The van der Waals surface area contributed by atoms with E-state index in [2.05, 4.69) is 21.8 Å². The molecule has 3 rings (SSSR count). The first-order chi connectivity index (χ1) is 9.59. The highest BCUT2D eigenvalue weighted by Gasteiger charge is 2.25. The summed E-state index contributed by atoms with van der Waals surface area (Å²) in [5.74, 6) is -0.106. The van der Waals surface area contributed by atoms with Crippen molar-refractivity contribution in [1.82, 2.24) is 14.5 Å². The normalized spacial score (nSPS) is 16.8. The number of piperazine rings is 1. The van der Waals surface area contributed by atoms with E-state index in [0.717, 1.165) is 36.1 Å². The van der Waals surface area contributed by atoms with Crippen molar-refractivity contribution in [3.8, 4) is 5.88 Å². The number of hydrogen-bond acceptors (Lipinski definition) is 5. The standard InChI is InChI=1S/C13H17N5O2/c1-16-4-6-17(7-5-16)11-9-2-3-15-8-10(9)18(12(11)19)13(14)20/h2-3,8,19H,4-7H2,1H3,(H2,14,20). The van der Waals surface area contributed by atoms with Gasteiger partial charge in [0.2, 0.25) is 5.88 Å². The lowest BCUT2D eigenvalue weighted by Crippen LogP contribution is -2.44. The Balaban J connectivity index is 2.15. The zero-order chi connectivity index (χ0) is 14.3. The van der Waals surface area contributed by atoms with Crippen LogP contribution in [0.1, 0.15) is 0 Å². The van der Waals surface area contributed by atoms with E-state index in [1.54, 1.807) is 18.5 Å². The SMILES string of the molecule is CN1CCN(c2c(O)n(C(N)=O)c3cnccc23)CC1. The molecule has 0 radical (unpaired) electrons. The Morgan fingerprint density at radius 2 is 2.05 bits per heavy atom. The molecule has 1 aliphatic rings. The van der Waals surface area contributed by atoms with Gasteiger partial charge in [0, 0.05) is 37.8 Å². The van der Waals surface area contributed by atoms with Crippen LogP contribution in [0.2, 0.25) is 0 Å². The van der Waals surface area contributed by atoms with Crippen molar-refractivity contribution in [2.45, 2.75) is 0 Å². The molecule has 3 N–H and O–H groups in total. The second-order valence-electron chi connectivity index (χ2n) is 5.03. The molecule has 0 aromatic carbocycles. The zero-order valence-electron chi connectivity index (χ0n) is 11.3. The Hall–Kier alpha value is -2.28. The summed E-state index contributed by atoms with van der Waals surface area (Å²) in [6.07, 6.45) is 3.19. The van der Waals surface area contributed by atoms with E-state index in [0.29, 0.717) is 11.2 Å². The molecule has 0 aliphatic carbocycles. The number of amides is 1. The Bertz CT molecular complexity index is 658. The number of aromatic hydroxyl groups is 1. The highest BCUT2D eigenvalue weighted by molar-refractivity contribution is 6.02. The van der Waals surface area contributed by atoms with Gasteiger partial charge in [0.1, 0.15) is 5.69 Å². The number of nitrogens with two attached hydrogens (primary N) is 1. The van der Waals surface area contributed by atoms with Crippen LogP contribution in [0.15, 0.2) is 18.5 Å². The van der Waals surface area contributed by atoms with Gasteiger partial charge in [-0.05, 0) is 13.1 Å². The van der Waals surface area contributed by atoms with Crippen LogP contribution < -0.4 is 10.6 Å². The van der Waals surface area contributed by atoms with Crippen LogP contribution >= 0.6 is 0 Å². The van der Waals surface area contributed by atoms with E-state index in [4.69, 9.17) is 5.73 Å². The van der Waals surface area contributed by atoms with E-state index >= 15 is 0 Å². The lowest BCUT2D eigenvalue weighted by atomic mass is 10.2. The third kappa shape index (κ3) is 1.87. The first-order valence-electron chi connectivity index (χ1n) is 6.50. The molecule has 1 fully saturated rings. The molecule has 7 nitrogen and oxygen atoms in total. The molecule has 1 amide bonds. The molecule has 2 aromatic rings. The van der Waals surface area contributed by atoms with Gasteiger partial charge in [-0.15, -0.1) is 0 Å². The maximum absolute atomic E-state index is 11.6. The summed E-state index contributed by atoms with van der Waals surface area (Å²) < 4.78 is 1.11. The number of hydrogen-bond donors (Lipinski definition) is 2. The van der Waals surface area contributed by atoms with E-state index in [9.17, 15) is 9.90 Å². The monoisotopic (exact) mass is 275 g/mol. The van der Waals surface area contributed by atoms with Crippen LogP contribution in [0.4, 0.5) is 10.5 Å². The lowest BCUT2D eigenvalue weighted by molar-refractivity contribution is 0.248. The van der Waals surface area contributed by atoms with E-state index < -0.39 is 6.03 Å². The van der Waals surface area contributed by atoms with Gasteiger partial charge >= 0.3 is 6.03 Å². The second-order valence-corrected chi connectivity index (χ2v) is 5.03. The molecule has 0 bridgehead atoms. The van der Waals surface area contributed by atoms with Gasteiger partial charge in [-0.3, -0.25) is 4.98 Å². The Morgan fingerprint density at radius 1 is 1.35 bits per heavy atom. The Kier molecular flexibility index (Phi) is 2.98. The molecular formula is C13H17N5O2. The van der Waals surface area contributed by atoms with Crippen molar-refractivity contribution >= 4 is 22.6 Å². The van der Waals surface area contributed by atoms with Crippen LogP contribution in [0.3, 0.4) is 0 Å². The number of anilines is 1. The van der Waals surface area contributed by atoms with E-state index in [-0.39, 0.29) is 5.88 Å². The molecule has 20 heavy (non-hydrogen) atoms. The van der Waals surface area contributed by atoms with Gasteiger partial charge in [0.15, 0.2) is 0 Å². The van der Waals surface area contributed by atoms with Gasteiger partial charge in [0.05, 0.1) is 11.7 Å². The molecule has 106 valence electrons. The van der Waals surface area contributed by atoms with Crippen LogP contribution in [0.5, 0.6) is 5.88 Å². The third-order valence-corrected chi connectivity index (χ3v) is 3.76. The summed E-state index contributed by atoms with van der Waals surface area (Å²) in [7, 11) is 2.06. The molecule has 3 heterocycles. The van der Waals surface area contributed by atoms with Crippen molar-refractivity contribution < 1.29 is 9.90 Å². The number of carbonyl (C=O) groups is 1. The van der Waals surface area contributed by atoms with Crippen LogP contribution in [-0.2, 0) is 0 Å². The molecule has 1 saturated heterocycles. The summed E-state index contributed by atoms with van der Waals surface area (Å²) in [6.45, 7) is 3.41. The number of nitrogens with zero attached hydrogens (tertiary/aromatic N) is 4. The average Bonchev–Trinajstić information content (AvgIpc) is 2.72. The van der Waals surface area contributed by atoms with Crippen LogP contribution in [0.25, 0.3) is 10.9 Å². The molecule has 0 atom stereocenters. The fourth-order valence-corrected chi connectivity index (χ4v) is 2.67. The van der Waals surface area contributed by atoms with Gasteiger partial charge in [-0.2, -0.15) is 0 Å². The van der Waals surface area contributed by atoms with Crippen molar-refractivity contribution in [3.63, 3.8) is 0 Å². The largest absolute Gasteiger partial charge is 0.493 e. The van der Waals surface area contributed by atoms with Crippen LogP contribution in [-0.4, -0.2) is 58.8 Å². The Morgan fingerprint density at radius 3 is 2.70 bits per heavy atom.